The monoisotopic (exact) mass is 413 g/mol. The average molecular weight is 413 g/mol. The number of benzene rings is 1. The summed E-state index contributed by atoms with van der Waals surface area (Å²) >= 11 is 0. The summed E-state index contributed by atoms with van der Waals surface area (Å²) in [6.45, 7) is 8.19. The molecule has 1 aromatic rings. The third kappa shape index (κ3) is 6.54. The second kappa shape index (κ2) is 9.84. The molecule has 0 atom stereocenters. The molecule has 0 aromatic heterocycles. The molecule has 1 fully saturated rings. The third-order valence-corrected chi connectivity index (χ3v) is 5.04. The lowest BCUT2D eigenvalue weighted by molar-refractivity contribution is -0.157. The fourth-order valence-electron chi connectivity index (χ4n) is 3.28. The minimum absolute atomic E-state index is 0.313. The molecule has 1 heterocycles. The molecule has 1 aliphatic heterocycles. The van der Waals surface area contributed by atoms with Crippen LogP contribution in [0.5, 0.6) is 0 Å². The maximum Gasteiger partial charge on any atom is 0.406 e. The van der Waals surface area contributed by atoms with Crippen LogP contribution in [0.25, 0.3) is 0 Å². The largest absolute Gasteiger partial charge is 0.406 e. The smallest absolute Gasteiger partial charge is 0.368 e. The van der Waals surface area contributed by atoms with Gasteiger partial charge in [-0.3, -0.25) is 4.79 Å². The molecule has 0 unspecified atom stereocenters. The van der Waals surface area contributed by atoms with Gasteiger partial charge in [0.2, 0.25) is 5.91 Å². The summed E-state index contributed by atoms with van der Waals surface area (Å²) in [6, 6.07) is 6.27. The molecule has 1 saturated heterocycles. The van der Waals surface area contributed by atoms with Crippen molar-refractivity contribution in [2.75, 3.05) is 57.8 Å². The van der Waals surface area contributed by atoms with E-state index in [0.717, 1.165) is 20.1 Å². The third-order valence-electron chi connectivity index (χ3n) is 5.04. The quantitative estimate of drug-likeness (QED) is 0.595. The number of amides is 1. The van der Waals surface area contributed by atoms with Crippen LogP contribution in [0.1, 0.15) is 18.1 Å². The van der Waals surface area contributed by atoms with Crippen molar-refractivity contribution in [1.29, 1.82) is 0 Å². The van der Waals surface area contributed by atoms with Crippen molar-refractivity contribution in [2.24, 2.45) is 4.99 Å². The number of guanidine groups is 1. The van der Waals surface area contributed by atoms with Crippen molar-refractivity contribution in [3.05, 3.63) is 29.3 Å². The molecular weight excluding hydrogens is 383 g/mol. The number of nitrogens with one attached hydrogen (secondary N) is 1. The summed E-state index contributed by atoms with van der Waals surface area (Å²) in [5.74, 6) is -0.103. The van der Waals surface area contributed by atoms with Gasteiger partial charge in [0.25, 0.3) is 0 Å². The Bertz CT molecular complexity index is 727. The number of aliphatic imine (C=N–C) groups is 1. The first kappa shape index (κ1) is 22.8. The number of piperazine rings is 1. The van der Waals surface area contributed by atoms with Crippen LogP contribution in [0.4, 0.5) is 18.9 Å². The van der Waals surface area contributed by atoms with Crippen LogP contribution in [0.15, 0.2) is 23.2 Å². The van der Waals surface area contributed by atoms with E-state index in [4.69, 9.17) is 0 Å². The van der Waals surface area contributed by atoms with E-state index < -0.39 is 18.6 Å². The molecule has 0 bridgehead atoms. The molecule has 1 aliphatic rings. The molecule has 9 heteroatoms. The zero-order chi connectivity index (χ0) is 21.6. The van der Waals surface area contributed by atoms with Crippen molar-refractivity contribution in [3.8, 4) is 0 Å². The Morgan fingerprint density at radius 3 is 2.45 bits per heavy atom. The van der Waals surface area contributed by atoms with Crippen molar-refractivity contribution >= 4 is 17.6 Å². The molecule has 1 aromatic carbocycles. The van der Waals surface area contributed by atoms with Crippen LogP contribution in [0, 0.1) is 13.8 Å². The minimum Gasteiger partial charge on any atom is -0.368 e. The minimum atomic E-state index is -4.41. The van der Waals surface area contributed by atoms with Gasteiger partial charge in [-0.15, -0.1) is 0 Å². The molecule has 0 radical (unpaired) electrons. The Labute approximate surface area is 170 Å². The summed E-state index contributed by atoms with van der Waals surface area (Å²) in [4.78, 5) is 21.3. The van der Waals surface area contributed by atoms with E-state index in [0.29, 0.717) is 30.5 Å². The van der Waals surface area contributed by atoms with Crippen LogP contribution in [-0.4, -0.2) is 80.7 Å². The molecule has 0 saturated carbocycles. The van der Waals surface area contributed by atoms with Gasteiger partial charge < -0.3 is 20.0 Å². The number of halogens is 3. The van der Waals surface area contributed by atoms with Crippen LogP contribution >= 0.6 is 0 Å². The normalized spacial score (nSPS) is 15.5. The summed E-state index contributed by atoms with van der Waals surface area (Å²) < 4.78 is 37.4. The summed E-state index contributed by atoms with van der Waals surface area (Å²) in [6.07, 6.45) is -4.41. The van der Waals surface area contributed by atoms with Gasteiger partial charge >= 0.3 is 6.18 Å². The van der Waals surface area contributed by atoms with E-state index in [9.17, 15) is 18.0 Å². The van der Waals surface area contributed by atoms with Crippen molar-refractivity contribution < 1.29 is 18.0 Å². The summed E-state index contributed by atoms with van der Waals surface area (Å²) in [5.41, 5.74) is 3.73. The van der Waals surface area contributed by atoms with Crippen LogP contribution in [0.2, 0.25) is 0 Å². The number of rotatable bonds is 5. The highest BCUT2D eigenvalue weighted by atomic mass is 19.4. The van der Waals surface area contributed by atoms with Crippen molar-refractivity contribution in [3.63, 3.8) is 0 Å². The molecule has 0 aliphatic carbocycles. The number of carbonyl (C=O) groups excluding carboxylic acids is 1. The van der Waals surface area contributed by atoms with E-state index in [1.165, 1.54) is 16.8 Å². The predicted octanol–water partition coefficient (Wildman–Crippen LogP) is 2.41. The zero-order valence-electron chi connectivity index (χ0n) is 17.5. The number of likely N-dealkylation sites (N-methyl/N-ethyl adjacent to an activating group) is 1. The van der Waals surface area contributed by atoms with E-state index in [1.807, 2.05) is 11.8 Å². The van der Waals surface area contributed by atoms with Gasteiger partial charge in [0.1, 0.15) is 13.1 Å². The average Bonchev–Trinajstić information content (AvgIpc) is 2.66. The first-order valence-corrected chi connectivity index (χ1v) is 9.77. The highest BCUT2D eigenvalue weighted by molar-refractivity contribution is 5.85. The molecule has 2 rings (SSSR count). The maximum atomic E-state index is 12.5. The zero-order valence-corrected chi connectivity index (χ0v) is 17.5. The van der Waals surface area contributed by atoms with Crippen molar-refractivity contribution in [2.45, 2.75) is 26.9 Å². The van der Waals surface area contributed by atoms with Gasteiger partial charge in [-0.05, 0) is 38.0 Å². The second-order valence-corrected chi connectivity index (χ2v) is 7.23. The number of anilines is 1. The lowest BCUT2D eigenvalue weighted by Gasteiger charge is -2.38. The van der Waals surface area contributed by atoms with Crippen LogP contribution < -0.4 is 10.2 Å². The Hall–Kier alpha value is -2.45. The Morgan fingerprint density at radius 2 is 1.86 bits per heavy atom. The maximum absolute atomic E-state index is 12.5. The molecule has 1 amide bonds. The fraction of sp³-hybridized carbons (Fsp3) is 0.600. The summed E-state index contributed by atoms with van der Waals surface area (Å²) in [7, 11) is 1.14. The van der Waals surface area contributed by atoms with Gasteiger partial charge in [0.05, 0.1) is 0 Å². The fourth-order valence-corrected chi connectivity index (χ4v) is 3.28. The van der Waals surface area contributed by atoms with Crippen molar-refractivity contribution in [1.82, 2.24) is 15.1 Å². The van der Waals surface area contributed by atoms with Gasteiger partial charge in [-0.1, -0.05) is 12.1 Å². The Balaban J connectivity index is 1.98. The highest BCUT2D eigenvalue weighted by Crippen LogP contribution is 2.23. The van der Waals surface area contributed by atoms with E-state index in [1.54, 1.807) is 0 Å². The number of carbonyl (C=O) groups is 1. The summed E-state index contributed by atoms with van der Waals surface area (Å²) in [5, 5.41) is 3.13. The van der Waals surface area contributed by atoms with Gasteiger partial charge in [0.15, 0.2) is 5.96 Å². The van der Waals surface area contributed by atoms with E-state index >= 15 is 0 Å². The van der Waals surface area contributed by atoms with Crippen LogP contribution in [-0.2, 0) is 4.79 Å². The van der Waals surface area contributed by atoms with Gasteiger partial charge in [-0.25, -0.2) is 4.99 Å². The van der Waals surface area contributed by atoms with E-state index in [-0.39, 0.29) is 6.54 Å². The molecule has 0 spiro atoms. The lowest BCUT2D eigenvalue weighted by atomic mass is 10.1. The first-order chi connectivity index (χ1) is 13.6. The lowest BCUT2D eigenvalue weighted by Crippen LogP contribution is -2.53. The second-order valence-electron chi connectivity index (χ2n) is 7.23. The number of alkyl halides is 3. The highest BCUT2D eigenvalue weighted by Gasteiger charge is 2.31. The predicted molar refractivity (Wildman–Crippen MR) is 109 cm³/mol. The molecule has 6 nitrogen and oxygen atoms in total. The van der Waals surface area contributed by atoms with Crippen LogP contribution in [0.3, 0.4) is 0 Å². The number of hydrogen-bond donors (Lipinski definition) is 1. The molecular formula is C20H30F3N5O. The molecule has 29 heavy (non-hydrogen) atoms. The SMILES string of the molecule is CCNC(=NCC(=O)N(C)CC(F)(F)F)N1CCN(c2cccc(C)c2C)CC1. The van der Waals surface area contributed by atoms with Gasteiger partial charge in [0, 0.05) is 45.5 Å². The number of hydrogen-bond acceptors (Lipinski definition) is 3. The number of nitrogens with zero attached hydrogens (tertiary/aromatic N) is 4. The molecule has 1 N–H and O–H groups in total. The first-order valence-electron chi connectivity index (χ1n) is 9.77. The topological polar surface area (TPSA) is 51.2 Å². The van der Waals surface area contributed by atoms with E-state index in [2.05, 4.69) is 47.3 Å². The Kier molecular flexibility index (Phi) is 7.75. The molecule has 162 valence electrons. The van der Waals surface area contributed by atoms with Gasteiger partial charge in [-0.2, -0.15) is 13.2 Å². The standard InChI is InChI=1S/C20H30F3N5O/c1-5-24-19(25-13-18(29)26(4)14-20(21,22)23)28-11-9-27(10-12-28)17-8-6-7-15(2)16(17)3/h6-8H,5,9-14H2,1-4H3,(H,24,25). The number of aryl methyl sites for hydroxylation is 1. The Morgan fingerprint density at radius 1 is 1.21 bits per heavy atom.